The van der Waals surface area contributed by atoms with Crippen LogP contribution in [-0.2, 0) is 47.0 Å². The third-order valence-electron chi connectivity index (χ3n) is 13.4. The highest BCUT2D eigenvalue weighted by molar-refractivity contribution is 7.49. The monoisotopic (exact) mass is 1200 g/mol. The zero-order chi connectivity index (χ0) is 58.2. The van der Waals surface area contributed by atoms with E-state index in [2.05, 4.69) is 9.97 Å². The average molecular weight is 1200 g/mol. The molecule has 2 saturated heterocycles. The highest BCUT2D eigenvalue weighted by atomic mass is 35.5. The second kappa shape index (κ2) is 26.0. The van der Waals surface area contributed by atoms with Gasteiger partial charge in [-0.2, -0.15) is 5.26 Å². The molecule has 5 aromatic carbocycles. The van der Waals surface area contributed by atoms with Crippen molar-refractivity contribution in [2.75, 3.05) is 34.0 Å². The maximum absolute atomic E-state index is 15.8. The molecule has 2 aliphatic heterocycles. The molecule has 26 heteroatoms. The molecule has 0 aliphatic carbocycles. The van der Waals surface area contributed by atoms with Crippen LogP contribution in [0.5, 0.6) is 23.0 Å². The number of hydrogen-bond acceptors (Lipinski definition) is 18. The first-order chi connectivity index (χ1) is 39.4. The molecule has 2 aromatic heterocycles. The van der Waals surface area contributed by atoms with Crippen LogP contribution in [0, 0.1) is 25.2 Å². The van der Waals surface area contributed by atoms with E-state index >= 15 is 4.57 Å². The first kappa shape index (κ1) is 59.5. The lowest BCUT2D eigenvalue weighted by atomic mass is 9.80. The topological polar surface area (TPSA) is 269 Å². The number of aryl methyl sites for hydroxylation is 2. The largest absolute Gasteiger partial charge is 0.530 e. The highest BCUT2D eigenvalue weighted by Crippen LogP contribution is 2.56. The van der Waals surface area contributed by atoms with E-state index in [0.29, 0.717) is 38.2 Å². The molecular formula is C56H55Cl2N5O17P2. The number of methoxy groups -OCH3 is 2. The van der Waals surface area contributed by atoms with Gasteiger partial charge in [0, 0.05) is 46.4 Å². The lowest BCUT2D eigenvalue weighted by Crippen LogP contribution is -2.38. The van der Waals surface area contributed by atoms with Crippen molar-refractivity contribution < 1.29 is 60.0 Å². The average Bonchev–Trinajstić information content (AvgIpc) is 3.12. The minimum Gasteiger partial charge on any atom is -0.497 e. The van der Waals surface area contributed by atoms with E-state index in [4.69, 9.17) is 74.0 Å². The number of ether oxygens (including phenoxy) is 5. The Morgan fingerprint density at radius 2 is 1.01 bits per heavy atom. The van der Waals surface area contributed by atoms with Gasteiger partial charge in [0.05, 0.1) is 46.5 Å². The molecule has 2 N–H and O–H groups in total. The molecular weight excluding hydrogens is 1150 g/mol. The summed E-state index contributed by atoms with van der Waals surface area (Å²) in [5, 5.41) is 10.0. The molecule has 0 amide bonds. The maximum atomic E-state index is 15.8. The smallest absolute Gasteiger partial charge is 0.497 e. The number of benzene rings is 5. The number of rotatable bonds is 24. The number of nitrogens with zero attached hydrogens (tertiary/aromatic N) is 3. The SMILES string of the molecule is COc1ccc(C(OC[C@H]2O[C@@H](n3cc(C)c(=O)[nH]c3=O)C[C@@H]2OP(=O)(OC[C@H]2O[C@@H](n3cc(C)c(=O)[nH]c3=O)C[C@@H]2OP(=O)(OCCC#N)Oc2ccc(Cl)cc2)Oc2ccc(Cl)cc2)(c2ccccc2)c2ccc(OC)cc2)cc1. The molecule has 9 rings (SSSR count). The van der Waals surface area contributed by atoms with Crippen molar-refractivity contribution in [2.45, 2.75) is 75.6 Å². The van der Waals surface area contributed by atoms with Crippen LogP contribution in [0.4, 0.5) is 0 Å². The van der Waals surface area contributed by atoms with Crippen LogP contribution in [0.1, 0.15) is 59.5 Å². The fourth-order valence-electron chi connectivity index (χ4n) is 9.25. The van der Waals surface area contributed by atoms with Crippen molar-refractivity contribution in [3.8, 4) is 29.1 Å². The van der Waals surface area contributed by atoms with Gasteiger partial charge in [-0.25, -0.2) is 18.7 Å². The Kier molecular flexibility index (Phi) is 18.9. The lowest BCUT2D eigenvalue weighted by molar-refractivity contribution is -0.0949. The van der Waals surface area contributed by atoms with Crippen molar-refractivity contribution in [3.05, 3.63) is 219 Å². The number of phosphoric acid groups is 2. The zero-order valence-corrected chi connectivity index (χ0v) is 47.7. The van der Waals surface area contributed by atoms with Gasteiger partial charge in [-0.15, -0.1) is 0 Å². The van der Waals surface area contributed by atoms with E-state index in [0.717, 1.165) is 4.57 Å². The van der Waals surface area contributed by atoms with E-state index in [9.17, 15) is 29.0 Å². The second-order valence-electron chi connectivity index (χ2n) is 18.8. The number of aromatic nitrogens is 4. The summed E-state index contributed by atoms with van der Waals surface area (Å²) in [4.78, 5) is 56.6. The summed E-state index contributed by atoms with van der Waals surface area (Å²) in [6.45, 7) is 1.51. The van der Waals surface area contributed by atoms with E-state index in [-0.39, 0.29) is 48.5 Å². The molecule has 2 unspecified atom stereocenters. The van der Waals surface area contributed by atoms with Crippen molar-refractivity contribution in [1.82, 2.24) is 19.1 Å². The minimum absolute atomic E-state index is 0.0126. The van der Waals surface area contributed by atoms with Gasteiger partial charge in [0.25, 0.3) is 11.1 Å². The molecule has 8 atom stereocenters. The number of phosphoric ester groups is 2. The van der Waals surface area contributed by atoms with Crippen molar-refractivity contribution >= 4 is 38.8 Å². The standard InChI is InChI=1S/C56H55Cl2N5O17P2/c1-35-31-62(54(66)60-52(35)64)50-29-46(48(75-50)33-72-56(37-9-6-5-7-10-37,38-11-19-42(70-3)20-12-38)39-13-21-43(71-4)22-14-39)80-82(69,78-45-25-17-41(58)18-26-45)74-34-49-47(30-51(76-49)63-32-36(2)53(65)61-55(63)67)79-81(68,73-28-8-27-59)77-44-23-15-40(57)16-24-44/h5-7,9-26,31-32,46-51H,8,28-30,33-34H2,1-4H3,(H,60,64,66)(H,61,65,67)/t46-,47-,48+,49+,50+,51+,81?,82?/m0/s1. The van der Waals surface area contributed by atoms with Gasteiger partial charge in [-0.3, -0.25) is 46.8 Å². The minimum atomic E-state index is -5.06. The number of aromatic amines is 2. The summed E-state index contributed by atoms with van der Waals surface area (Å²) in [5.41, 5.74) is -2.00. The Hall–Kier alpha value is -7.09. The molecule has 22 nitrogen and oxygen atoms in total. The lowest BCUT2D eigenvalue weighted by Gasteiger charge is -2.37. The molecule has 0 spiro atoms. The maximum Gasteiger partial charge on any atom is 0.530 e. The van der Waals surface area contributed by atoms with E-state index < -0.39 is 93.8 Å². The molecule has 2 aliphatic rings. The van der Waals surface area contributed by atoms with E-state index in [1.807, 2.05) is 60.7 Å². The predicted molar refractivity (Wildman–Crippen MR) is 299 cm³/mol. The molecule has 430 valence electrons. The fraction of sp³-hybridized carbons (Fsp3) is 0.304. The van der Waals surface area contributed by atoms with Crippen LogP contribution in [-0.4, -0.2) is 77.6 Å². The number of nitriles is 1. The molecule has 82 heavy (non-hydrogen) atoms. The van der Waals surface area contributed by atoms with Gasteiger partial charge in [-0.05, 0) is 103 Å². The van der Waals surface area contributed by atoms with Gasteiger partial charge >= 0.3 is 27.0 Å². The second-order valence-corrected chi connectivity index (χ2v) is 22.8. The third-order valence-corrected chi connectivity index (χ3v) is 16.8. The van der Waals surface area contributed by atoms with Crippen molar-refractivity contribution in [1.29, 1.82) is 5.26 Å². The van der Waals surface area contributed by atoms with Crippen LogP contribution >= 0.6 is 38.8 Å². The predicted octanol–water partition coefficient (Wildman–Crippen LogP) is 9.70. The Morgan fingerprint density at radius 1 is 0.598 bits per heavy atom. The van der Waals surface area contributed by atoms with Crippen molar-refractivity contribution in [3.63, 3.8) is 0 Å². The normalized spacial score (nSPS) is 20.3. The highest BCUT2D eigenvalue weighted by Gasteiger charge is 2.49. The van der Waals surface area contributed by atoms with Gasteiger partial charge in [0.1, 0.15) is 65.5 Å². The Morgan fingerprint density at radius 3 is 1.45 bits per heavy atom. The van der Waals surface area contributed by atoms with Crippen LogP contribution < -0.4 is 41.0 Å². The van der Waals surface area contributed by atoms with Crippen molar-refractivity contribution in [2.24, 2.45) is 0 Å². The summed E-state index contributed by atoms with van der Waals surface area (Å²) < 4.78 is 101. The van der Waals surface area contributed by atoms with Crippen LogP contribution in [0.25, 0.3) is 0 Å². The van der Waals surface area contributed by atoms with E-state index in [1.54, 1.807) is 38.5 Å². The zero-order valence-electron chi connectivity index (χ0n) is 44.4. The molecule has 0 saturated carbocycles. The van der Waals surface area contributed by atoms with Crippen LogP contribution in [0.3, 0.4) is 0 Å². The number of nitrogens with one attached hydrogen (secondary N) is 2. The third kappa shape index (κ3) is 13.9. The Bertz CT molecular complexity index is 3680. The van der Waals surface area contributed by atoms with Crippen LogP contribution in [0.15, 0.2) is 159 Å². The summed E-state index contributed by atoms with van der Waals surface area (Å²) >= 11 is 12.4. The summed E-state index contributed by atoms with van der Waals surface area (Å²) in [6, 6.07) is 37.4. The first-order valence-electron chi connectivity index (χ1n) is 25.5. The number of hydrogen-bond donors (Lipinski definition) is 2. The number of halogens is 2. The van der Waals surface area contributed by atoms with Crippen LogP contribution in [0.2, 0.25) is 10.0 Å². The Labute approximate surface area is 479 Å². The van der Waals surface area contributed by atoms with Gasteiger partial charge in [0.15, 0.2) is 0 Å². The van der Waals surface area contributed by atoms with Gasteiger partial charge in [-0.1, -0.05) is 77.8 Å². The molecule has 7 aromatic rings. The summed E-state index contributed by atoms with van der Waals surface area (Å²) in [5.74, 6) is 1.13. The molecule has 0 bridgehead atoms. The van der Waals surface area contributed by atoms with E-state index in [1.165, 1.54) is 79.3 Å². The quantitative estimate of drug-likeness (QED) is 0.0324. The van der Waals surface area contributed by atoms with Gasteiger partial charge < -0.3 is 32.7 Å². The summed E-state index contributed by atoms with van der Waals surface area (Å²) in [7, 11) is -6.69. The Balaban J connectivity index is 1.10. The number of H-pyrrole nitrogens is 2. The molecule has 4 heterocycles. The molecule has 2 fully saturated rings. The fourth-order valence-corrected chi connectivity index (χ4v) is 12.3. The first-order valence-corrected chi connectivity index (χ1v) is 29.1. The van der Waals surface area contributed by atoms with Gasteiger partial charge in [0.2, 0.25) is 0 Å². The molecule has 0 radical (unpaired) electrons. The summed E-state index contributed by atoms with van der Waals surface area (Å²) in [6.07, 6.45) is -5.85.